The summed E-state index contributed by atoms with van der Waals surface area (Å²) in [5, 5.41) is 3.08. The van der Waals surface area contributed by atoms with Crippen LogP contribution < -0.4 is 10.1 Å². The normalized spacial score (nSPS) is 18.3. The lowest BCUT2D eigenvalue weighted by Gasteiger charge is -2.30. The fourth-order valence-corrected chi connectivity index (χ4v) is 3.94. The third-order valence-corrected chi connectivity index (χ3v) is 5.22. The average molecular weight is 343 g/mol. The Kier molecular flexibility index (Phi) is 4.21. The Hall–Kier alpha value is -3.07. The van der Waals surface area contributed by atoms with Gasteiger partial charge in [0.2, 0.25) is 5.91 Å². The second-order valence-electron chi connectivity index (χ2n) is 6.59. The first-order valence-corrected chi connectivity index (χ1v) is 8.84. The van der Waals surface area contributed by atoms with Crippen LogP contribution in [0.3, 0.4) is 0 Å². The Morgan fingerprint density at radius 2 is 1.50 bits per heavy atom. The van der Waals surface area contributed by atoms with Gasteiger partial charge >= 0.3 is 0 Å². The van der Waals surface area contributed by atoms with Gasteiger partial charge in [-0.15, -0.1) is 0 Å². The van der Waals surface area contributed by atoms with Crippen LogP contribution in [0.5, 0.6) is 5.75 Å². The number of aryl methyl sites for hydroxylation is 1. The molecule has 1 atom stereocenters. The van der Waals surface area contributed by atoms with Crippen molar-refractivity contribution in [2.75, 3.05) is 12.4 Å². The maximum Gasteiger partial charge on any atom is 0.239 e. The van der Waals surface area contributed by atoms with Gasteiger partial charge in [0.25, 0.3) is 0 Å². The highest BCUT2D eigenvalue weighted by Gasteiger charge is 2.49. The summed E-state index contributed by atoms with van der Waals surface area (Å²) in [7, 11) is 1.66. The van der Waals surface area contributed by atoms with E-state index >= 15 is 0 Å². The molecule has 3 aromatic carbocycles. The molecule has 0 aliphatic carbocycles. The molecule has 1 amide bonds. The summed E-state index contributed by atoms with van der Waals surface area (Å²) in [6.07, 6.45) is 1.49. The highest BCUT2D eigenvalue weighted by molar-refractivity contribution is 6.09. The minimum absolute atomic E-state index is 0.0131. The van der Waals surface area contributed by atoms with Gasteiger partial charge in [0.15, 0.2) is 0 Å². The van der Waals surface area contributed by atoms with E-state index in [0.717, 1.165) is 29.0 Å². The van der Waals surface area contributed by atoms with E-state index in [0.29, 0.717) is 6.42 Å². The molecule has 0 saturated carbocycles. The van der Waals surface area contributed by atoms with Crippen molar-refractivity contribution in [1.82, 2.24) is 0 Å². The molecule has 26 heavy (non-hydrogen) atoms. The first kappa shape index (κ1) is 16.4. The minimum atomic E-state index is -0.751. The molecule has 1 N–H and O–H groups in total. The molecule has 0 radical (unpaired) electrons. The number of benzene rings is 3. The zero-order valence-corrected chi connectivity index (χ0v) is 14.7. The lowest BCUT2D eigenvalue weighted by atomic mass is 9.71. The highest BCUT2D eigenvalue weighted by Crippen LogP contribution is 2.48. The van der Waals surface area contributed by atoms with E-state index in [4.69, 9.17) is 4.74 Å². The summed E-state index contributed by atoms with van der Waals surface area (Å²) in [5.74, 6) is 0.756. The maximum absolute atomic E-state index is 13.3. The van der Waals surface area contributed by atoms with Gasteiger partial charge in [-0.05, 0) is 36.1 Å². The van der Waals surface area contributed by atoms with Crippen molar-refractivity contribution in [3.05, 3.63) is 95.6 Å². The van der Waals surface area contributed by atoms with Crippen molar-refractivity contribution in [1.29, 1.82) is 0 Å². The third-order valence-electron chi connectivity index (χ3n) is 5.22. The Morgan fingerprint density at radius 1 is 0.846 bits per heavy atom. The SMILES string of the molecule is COc1ccccc1C1(CCc2ccccc2)C(=O)Nc2ccccc21. The number of nitrogens with one attached hydrogen (secondary N) is 1. The molecule has 0 aromatic heterocycles. The standard InChI is InChI=1S/C23H21NO2/c1-26-21-14-8-6-12-19(21)23(16-15-17-9-3-2-4-10-17)18-11-5-7-13-20(18)24-22(23)25/h2-14H,15-16H2,1H3,(H,24,25). The van der Waals surface area contributed by atoms with Crippen LogP contribution in [0.4, 0.5) is 5.69 Å². The topological polar surface area (TPSA) is 38.3 Å². The van der Waals surface area contributed by atoms with Crippen molar-refractivity contribution in [3.63, 3.8) is 0 Å². The fraction of sp³-hybridized carbons (Fsp3) is 0.174. The number of anilines is 1. The van der Waals surface area contributed by atoms with E-state index in [1.165, 1.54) is 5.56 Å². The van der Waals surface area contributed by atoms with Crippen molar-refractivity contribution < 1.29 is 9.53 Å². The van der Waals surface area contributed by atoms with E-state index in [9.17, 15) is 4.79 Å². The molecule has 1 unspecified atom stereocenters. The molecular formula is C23H21NO2. The Balaban J connectivity index is 1.86. The van der Waals surface area contributed by atoms with Gasteiger partial charge in [-0.25, -0.2) is 0 Å². The average Bonchev–Trinajstić information content (AvgIpc) is 2.99. The van der Waals surface area contributed by atoms with Crippen LogP contribution in [0, 0.1) is 0 Å². The third kappa shape index (κ3) is 2.57. The Bertz CT molecular complexity index is 936. The van der Waals surface area contributed by atoms with E-state index in [1.54, 1.807) is 7.11 Å². The summed E-state index contributed by atoms with van der Waals surface area (Å²) in [5.41, 5.74) is 3.29. The molecule has 1 aliphatic heterocycles. The molecule has 130 valence electrons. The first-order chi connectivity index (χ1) is 12.8. The number of carbonyl (C=O) groups excluding carboxylic acids is 1. The number of carbonyl (C=O) groups is 1. The molecule has 0 bridgehead atoms. The highest BCUT2D eigenvalue weighted by atomic mass is 16.5. The minimum Gasteiger partial charge on any atom is -0.496 e. The molecule has 3 nitrogen and oxygen atoms in total. The van der Waals surface area contributed by atoms with E-state index in [2.05, 4.69) is 17.4 Å². The number of rotatable bonds is 5. The molecule has 4 rings (SSSR count). The number of methoxy groups -OCH3 is 1. The summed E-state index contributed by atoms with van der Waals surface area (Å²) >= 11 is 0. The van der Waals surface area contributed by atoms with Crippen LogP contribution in [-0.2, 0) is 16.6 Å². The predicted octanol–water partition coefficient (Wildman–Crippen LogP) is 4.57. The number of hydrogen-bond donors (Lipinski definition) is 1. The van der Waals surface area contributed by atoms with Crippen molar-refractivity contribution in [2.45, 2.75) is 18.3 Å². The van der Waals surface area contributed by atoms with Gasteiger partial charge in [-0.2, -0.15) is 0 Å². The number of fused-ring (bicyclic) bond motifs is 1. The van der Waals surface area contributed by atoms with E-state index in [-0.39, 0.29) is 5.91 Å². The van der Waals surface area contributed by atoms with Crippen molar-refractivity contribution in [2.24, 2.45) is 0 Å². The molecule has 0 fully saturated rings. The quantitative estimate of drug-likeness (QED) is 0.737. The van der Waals surface area contributed by atoms with Crippen molar-refractivity contribution in [3.8, 4) is 5.75 Å². The summed E-state index contributed by atoms with van der Waals surface area (Å²) < 4.78 is 5.62. The molecule has 3 heteroatoms. The monoisotopic (exact) mass is 343 g/mol. The van der Waals surface area contributed by atoms with Gasteiger partial charge in [0, 0.05) is 11.3 Å². The van der Waals surface area contributed by atoms with E-state index < -0.39 is 5.41 Å². The molecule has 0 spiro atoms. The smallest absolute Gasteiger partial charge is 0.239 e. The molecular weight excluding hydrogens is 322 g/mol. The van der Waals surface area contributed by atoms with Crippen LogP contribution in [0.15, 0.2) is 78.9 Å². The van der Waals surface area contributed by atoms with E-state index in [1.807, 2.05) is 66.7 Å². The van der Waals surface area contributed by atoms with Crippen LogP contribution in [0.25, 0.3) is 0 Å². The van der Waals surface area contributed by atoms with Gasteiger partial charge in [-0.1, -0.05) is 66.7 Å². The molecule has 0 saturated heterocycles. The second-order valence-corrected chi connectivity index (χ2v) is 6.59. The molecule has 3 aromatic rings. The number of para-hydroxylation sites is 2. The van der Waals surface area contributed by atoms with Crippen LogP contribution >= 0.6 is 0 Å². The summed E-state index contributed by atoms with van der Waals surface area (Å²) in [6.45, 7) is 0. The zero-order chi connectivity index (χ0) is 18.0. The fourth-order valence-electron chi connectivity index (χ4n) is 3.94. The predicted molar refractivity (Wildman–Crippen MR) is 104 cm³/mol. The molecule has 1 heterocycles. The molecule has 1 aliphatic rings. The number of amides is 1. The maximum atomic E-state index is 13.3. The van der Waals surface area contributed by atoms with Gasteiger partial charge in [0.1, 0.15) is 11.2 Å². The van der Waals surface area contributed by atoms with Crippen LogP contribution in [0.1, 0.15) is 23.1 Å². The second kappa shape index (κ2) is 6.68. The lowest BCUT2D eigenvalue weighted by molar-refractivity contribution is -0.119. The first-order valence-electron chi connectivity index (χ1n) is 8.84. The number of hydrogen-bond acceptors (Lipinski definition) is 2. The zero-order valence-electron chi connectivity index (χ0n) is 14.7. The van der Waals surface area contributed by atoms with Gasteiger partial charge in [0.05, 0.1) is 7.11 Å². The number of ether oxygens (including phenoxy) is 1. The van der Waals surface area contributed by atoms with Crippen molar-refractivity contribution >= 4 is 11.6 Å². The van der Waals surface area contributed by atoms with Gasteiger partial charge in [-0.3, -0.25) is 4.79 Å². The van der Waals surface area contributed by atoms with Crippen LogP contribution in [0.2, 0.25) is 0 Å². The summed E-state index contributed by atoms with van der Waals surface area (Å²) in [6, 6.07) is 26.1. The van der Waals surface area contributed by atoms with Gasteiger partial charge < -0.3 is 10.1 Å². The summed E-state index contributed by atoms with van der Waals surface area (Å²) in [4.78, 5) is 13.3. The Morgan fingerprint density at radius 3 is 2.27 bits per heavy atom. The Labute approximate surface area is 153 Å². The van der Waals surface area contributed by atoms with Crippen LogP contribution in [-0.4, -0.2) is 13.0 Å². The largest absolute Gasteiger partial charge is 0.496 e. The lowest BCUT2D eigenvalue weighted by Crippen LogP contribution is -2.36.